The van der Waals surface area contributed by atoms with Crippen LogP contribution in [0.3, 0.4) is 0 Å². The smallest absolute Gasteiger partial charge is 0.261 e. The molecule has 0 fully saturated rings. The largest absolute Gasteiger partial charge is 0.492 e. The van der Waals surface area contributed by atoms with E-state index in [4.69, 9.17) is 4.74 Å². The topological polar surface area (TPSA) is 67.4 Å². The van der Waals surface area contributed by atoms with Gasteiger partial charge in [-0.15, -0.1) is 0 Å². The number of ether oxygens (including phenoxy) is 1. The van der Waals surface area contributed by atoms with Gasteiger partial charge in [0, 0.05) is 11.4 Å². The molecule has 3 aromatic carbocycles. The molecule has 0 aliphatic carbocycles. The molecule has 3 rings (SSSR count). The Labute approximate surface area is 160 Å². The van der Waals surface area contributed by atoms with Crippen molar-refractivity contribution in [3.05, 3.63) is 78.4 Å². The number of hydrogen-bond acceptors (Lipinski definition) is 4. The van der Waals surface area contributed by atoms with Crippen LogP contribution in [0.15, 0.2) is 77.7 Å². The molecule has 0 saturated carbocycles. The van der Waals surface area contributed by atoms with E-state index in [2.05, 4.69) is 10.0 Å². The van der Waals surface area contributed by atoms with E-state index in [1.165, 1.54) is 0 Å². The van der Waals surface area contributed by atoms with Crippen molar-refractivity contribution in [2.24, 2.45) is 0 Å². The summed E-state index contributed by atoms with van der Waals surface area (Å²) in [5.74, 6) is 0.768. The second-order valence-corrected chi connectivity index (χ2v) is 7.73. The number of rotatable bonds is 7. The van der Waals surface area contributed by atoms with Gasteiger partial charge in [0.1, 0.15) is 5.75 Å². The van der Waals surface area contributed by atoms with Gasteiger partial charge in [0.05, 0.1) is 17.2 Å². The summed E-state index contributed by atoms with van der Waals surface area (Å²) in [4.78, 5) is 0.237. The highest BCUT2D eigenvalue weighted by molar-refractivity contribution is 7.92. The molecule has 0 heterocycles. The van der Waals surface area contributed by atoms with Crippen LogP contribution in [0.1, 0.15) is 12.5 Å². The van der Waals surface area contributed by atoms with Crippen molar-refractivity contribution in [1.82, 2.24) is 0 Å². The summed E-state index contributed by atoms with van der Waals surface area (Å²) in [6.45, 7) is 4.43. The van der Waals surface area contributed by atoms with Crippen LogP contribution in [0.4, 0.5) is 17.1 Å². The van der Waals surface area contributed by atoms with Crippen molar-refractivity contribution in [1.29, 1.82) is 0 Å². The zero-order valence-electron chi connectivity index (χ0n) is 15.3. The molecule has 140 valence electrons. The third-order valence-corrected chi connectivity index (χ3v) is 5.33. The Balaban J connectivity index is 1.73. The van der Waals surface area contributed by atoms with Gasteiger partial charge in [-0.05, 0) is 62.4 Å². The zero-order valence-corrected chi connectivity index (χ0v) is 16.1. The lowest BCUT2D eigenvalue weighted by Crippen LogP contribution is -2.12. The maximum atomic E-state index is 12.5. The molecular formula is C21H22N2O3S. The summed E-state index contributed by atoms with van der Waals surface area (Å²) >= 11 is 0. The molecule has 0 amide bonds. The normalized spacial score (nSPS) is 11.0. The summed E-state index contributed by atoms with van der Waals surface area (Å²) in [5.41, 5.74) is 3.20. The third-order valence-electron chi connectivity index (χ3n) is 3.93. The van der Waals surface area contributed by atoms with Crippen LogP contribution in [0.25, 0.3) is 0 Å². The predicted molar refractivity (Wildman–Crippen MR) is 109 cm³/mol. The van der Waals surface area contributed by atoms with Gasteiger partial charge in [-0.1, -0.05) is 29.8 Å². The van der Waals surface area contributed by atoms with E-state index >= 15 is 0 Å². The lowest BCUT2D eigenvalue weighted by Gasteiger charge is -2.13. The van der Waals surface area contributed by atoms with Crippen molar-refractivity contribution < 1.29 is 13.2 Å². The number of sulfonamides is 1. The number of nitrogens with one attached hydrogen (secondary N) is 2. The van der Waals surface area contributed by atoms with Gasteiger partial charge in [0.15, 0.2) is 0 Å². The van der Waals surface area contributed by atoms with Crippen LogP contribution < -0.4 is 14.8 Å². The number of hydrogen-bond donors (Lipinski definition) is 2. The molecule has 0 bridgehead atoms. The second-order valence-electron chi connectivity index (χ2n) is 6.05. The molecule has 0 aliphatic rings. The van der Waals surface area contributed by atoms with E-state index in [0.717, 1.165) is 22.7 Å². The Morgan fingerprint density at radius 2 is 1.48 bits per heavy atom. The van der Waals surface area contributed by atoms with Crippen molar-refractivity contribution in [2.45, 2.75) is 18.7 Å². The molecule has 0 aliphatic heterocycles. The van der Waals surface area contributed by atoms with E-state index in [-0.39, 0.29) is 4.90 Å². The molecule has 3 aromatic rings. The van der Waals surface area contributed by atoms with Crippen LogP contribution in [-0.2, 0) is 10.0 Å². The Bertz CT molecular complexity index is 998. The van der Waals surface area contributed by atoms with Gasteiger partial charge < -0.3 is 10.1 Å². The molecule has 2 N–H and O–H groups in total. The van der Waals surface area contributed by atoms with Crippen LogP contribution >= 0.6 is 0 Å². The highest BCUT2D eigenvalue weighted by atomic mass is 32.2. The number of aryl methyl sites for hydroxylation is 1. The molecule has 0 unspecified atom stereocenters. The summed E-state index contributed by atoms with van der Waals surface area (Å²) in [6.07, 6.45) is 0. The van der Waals surface area contributed by atoms with Gasteiger partial charge in [0.2, 0.25) is 0 Å². The molecular weight excluding hydrogens is 360 g/mol. The first kappa shape index (κ1) is 18.8. The summed E-state index contributed by atoms with van der Waals surface area (Å²) in [7, 11) is -3.61. The minimum atomic E-state index is -3.61. The Kier molecular flexibility index (Phi) is 5.66. The Hall–Kier alpha value is -2.99. The number of para-hydroxylation sites is 2. The van der Waals surface area contributed by atoms with Crippen LogP contribution in [-0.4, -0.2) is 15.0 Å². The van der Waals surface area contributed by atoms with Gasteiger partial charge in [0.25, 0.3) is 10.0 Å². The third kappa shape index (κ3) is 4.80. The Morgan fingerprint density at radius 1 is 0.852 bits per heavy atom. The maximum Gasteiger partial charge on any atom is 0.261 e. The fourth-order valence-electron chi connectivity index (χ4n) is 2.56. The fourth-order valence-corrected chi connectivity index (χ4v) is 3.62. The molecule has 6 heteroatoms. The lowest BCUT2D eigenvalue weighted by molar-refractivity contribution is 0.342. The molecule has 0 aromatic heterocycles. The minimum Gasteiger partial charge on any atom is -0.492 e. The Morgan fingerprint density at radius 3 is 2.15 bits per heavy atom. The summed E-state index contributed by atoms with van der Waals surface area (Å²) in [6, 6.07) is 21.5. The average molecular weight is 382 g/mol. The molecule has 0 saturated heterocycles. The quantitative estimate of drug-likeness (QED) is 0.607. The van der Waals surface area contributed by atoms with Crippen LogP contribution in [0.2, 0.25) is 0 Å². The van der Waals surface area contributed by atoms with E-state index in [1.54, 1.807) is 36.4 Å². The summed E-state index contributed by atoms with van der Waals surface area (Å²) < 4.78 is 33.1. The van der Waals surface area contributed by atoms with Crippen LogP contribution in [0.5, 0.6) is 5.75 Å². The minimum absolute atomic E-state index is 0.237. The van der Waals surface area contributed by atoms with E-state index in [9.17, 15) is 8.42 Å². The monoisotopic (exact) mass is 382 g/mol. The summed E-state index contributed by atoms with van der Waals surface area (Å²) in [5, 5.41) is 3.28. The van der Waals surface area contributed by atoms with Gasteiger partial charge >= 0.3 is 0 Å². The highest BCUT2D eigenvalue weighted by Crippen LogP contribution is 2.28. The predicted octanol–water partition coefficient (Wildman–Crippen LogP) is 4.94. The molecule has 0 spiro atoms. The zero-order chi connectivity index (χ0) is 19.3. The van der Waals surface area contributed by atoms with E-state index in [1.807, 2.05) is 50.2 Å². The first-order chi connectivity index (χ1) is 13.0. The first-order valence-electron chi connectivity index (χ1n) is 8.66. The average Bonchev–Trinajstić information content (AvgIpc) is 2.65. The number of anilines is 3. The number of benzene rings is 3. The first-order valence-corrected chi connectivity index (χ1v) is 10.1. The van der Waals surface area contributed by atoms with Crippen molar-refractivity contribution >= 4 is 27.1 Å². The maximum absolute atomic E-state index is 12.5. The van der Waals surface area contributed by atoms with E-state index < -0.39 is 10.0 Å². The van der Waals surface area contributed by atoms with Crippen molar-refractivity contribution in [3.63, 3.8) is 0 Å². The van der Waals surface area contributed by atoms with Crippen molar-refractivity contribution in [2.75, 3.05) is 16.6 Å². The van der Waals surface area contributed by atoms with Gasteiger partial charge in [-0.2, -0.15) is 0 Å². The molecule has 0 radical (unpaired) electrons. The lowest BCUT2D eigenvalue weighted by atomic mass is 10.2. The fraction of sp³-hybridized carbons (Fsp3) is 0.143. The van der Waals surface area contributed by atoms with Gasteiger partial charge in [-0.3, -0.25) is 4.72 Å². The van der Waals surface area contributed by atoms with E-state index in [0.29, 0.717) is 12.3 Å². The molecule has 27 heavy (non-hydrogen) atoms. The second kappa shape index (κ2) is 8.14. The van der Waals surface area contributed by atoms with Gasteiger partial charge in [-0.25, -0.2) is 8.42 Å². The van der Waals surface area contributed by atoms with Crippen molar-refractivity contribution in [3.8, 4) is 5.75 Å². The standard InChI is InChI=1S/C21H22N2O3S/c1-3-26-21-7-5-4-6-20(21)22-17-10-12-18(13-11-17)23-27(24,25)19-14-8-16(2)9-15-19/h4-15,22-23H,3H2,1-2H3. The molecule has 0 atom stereocenters. The highest BCUT2D eigenvalue weighted by Gasteiger charge is 2.13. The van der Waals surface area contributed by atoms with Crippen LogP contribution in [0, 0.1) is 6.92 Å². The SMILES string of the molecule is CCOc1ccccc1Nc1ccc(NS(=O)(=O)c2ccc(C)cc2)cc1. The molecule has 5 nitrogen and oxygen atoms in total.